The van der Waals surface area contributed by atoms with Gasteiger partial charge < -0.3 is 48.7 Å². The molecule has 3 aromatic rings. The van der Waals surface area contributed by atoms with Crippen LogP contribution in [0.25, 0.3) is 11.0 Å². The SMILES string of the molecule is COCCN(CCOC)c1nc(N2CCC(OC)CC2)c2nc(N(CCOC)CCOC)nc(NCc3ccc[nH]3)c2n1. The van der Waals surface area contributed by atoms with E-state index in [4.69, 9.17) is 43.6 Å². The lowest BCUT2D eigenvalue weighted by Gasteiger charge is -2.33. The lowest BCUT2D eigenvalue weighted by molar-refractivity contribution is 0.0818. The molecule has 0 radical (unpaired) electrons. The van der Waals surface area contributed by atoms with Crippen LogP contribution < -0.4 is 20.0 Å². The van der Waals surface area contributed by atoms with E-state index in [9.17, 15) is 0 Å². The minimum absolute atomic E-state index is 0.227. The fraction of sp³-hybridized carbons (Fsp3) is 0.655. The molecule has 1 aliphatic heterocycles. The molecular formula is C29H47N9O5. The summed E-state index contributed by atoms with van der Waals surface area (Å²) in [6, 6.07) is 4.01. The maximum Gasteiger partial charge on any atom is 0.228 e. The van der Waals surface area contributed by atoms with Crippen LogP contribution in [-0.4, -0.2) is 132 Å². The molecule has 0 aliphatic carbocycles. The van der Waals surface area contributed by atoms with Gasteiger partial charge in [-0.05, 0) is 25.0 Å². The van der Waals surface area contributed by atoms with E-state index in [0.29, 0.717) is 87.9 Å². The van der Waals surface area contributed by atoms with E-state index >= 15 is 0 Å². The van der Waals surface area contributed by atoms with Gasteiger partial charge in [-0.2, -0.15) is 9.97 Å². The molecule has 0 unspecified atom stereocenters. The first-order chi connectivity index (χ1) is 21.1. The third-order valence-corrected chi connectivity index (χ3v) is 7.51. The summed E-state index contributed by atoms with van der Waals surface area (Å²) < 4.78 is 27.3. The number of hydrogen-bond donors (Lipinski definition) is 2. The number of aromatic amines is 1. The summed E-state index contributed by atoms with van der Waals surface area (Å²) in [6.07, 6.45) is 3.94. The fourth-order valence-electron chi connectivity index (χ4n) is 4.99. The highest BCUT2D eigenvalue weighted by molar-refractivity contribution is 5.95. The van der Waals surface area contributed by atoms with Gasteiger partial charge in [0.15, 0.2) is 11.6 Å². The van der Waals surface area contributed by atoms with Crippen LogP contribution in [0.3, 0.4) is 0 Å². The fourth-order valence-corrected chi connectivity index (χ4v) is 4.99. The summed E-state index contributed by atoms with van der Waals surface area (Å²) in [5, 5.41) is 3.53. The Morgan fingerprint density at radius 1 is 0.791 bits per heavy atom. The zero-order valence-corrected chi connectivity index (χ0v) is 26.2. The third-order valence-electron chi connectivity index (χ3n) is 7.51. The van der Waals surface area contributed by atoms with E-state index in [0.717, 1.165) is 37.4 Å². The molecule has 4 rings (SSSR count). The second-order valence-corrected chi connectivity index (χ2v) is 10.3. The molecule has 0 atom stereocenters. The predicted molar refractivity (Wildman–Crippen MR) is 167 cm³/mol. The molecule has 0 saturated carbocycles. The molecule has 238 valence electrons. The molecule has 0 spiro atoms. The maximum absolute atomic E-state index is 5.66. The Morgan fingerprint density at radius 3 is 1.86 bits per heavy atom. The van der Waals surface area contributed by atoms with Gasteiger partial charge in [-0.3, -0.25) is 0 Å². The van der Waals surface area contributed by atoms with Crippen molar-refractivity contribution in [2.45, 2.75) is 25.5 Å². The highest BCUT2D eigenvalue weighted by Crippen LogP contribution is 2.33. The lowest BCUT2D eigenvalue weighted by atomic mass is 10.1. The van der Waals surface area contributed by atoms with Crippen molar-refractivity contribution in [3.63, 3.8) is 0 Å². The van der Waals surface area contributed by atoms with Crippen LogP contribution in [0, 0.1) is 0 Å². The van der Waals surface area contributed by atoms with Gasteiger partial charge in [0.1, 0.15) is 11.0 Å². The summed E-state index contributed by atoms with van der Waals surface area (Å²) in [7, 11) is 8.54. The van der Waals surface area contributed by atoms with Crippen LogP contribution in [0.4, 0.5) is 23.5 Å². The van der Waals surface area contributed by atoms with Crippen molar-refractivity contribution in [3.05, 3.63) is 24.0 Å². The van der Waals surface area contributed by atoms with E-state index in [2.05, 4.69) is 25.0 Å². The molecule has 14 heteroatoms. The lowest BCUT2D eigenvalue weighted by Crippen LogP contribution is -2.38. The molecule has 1 aliphatic rings. The molecule has 2 N–H and O–H groups in total. The number of ether oxygens (including phenoxy) is 5. The highest BCUT2D eigenvalue weighted by Gasteiger charge is 2.27. The first-order valence-corrected chi connectivity index (χ1v) is 14.8. The largest absolute Gasteiger partial charge is 0.383 e. The van der Waals surface area contributed by atoms with Gasteiger partial charge in [-0.25, -0.2) is 9.97 Å². The third kappa shape index (κ3) is 8.86. The van der Waals surface area contributed by atoms with Gasteiger partial charge in [-0.1, -0.05) is 0 Å². The van der Waals surface area contributed by atoms with Crippen molar-refractivity contribution in [2.24, 2.45) is 0 Å². The van der Waals surface area contributed by atoms with Gasteiger partial charge in [0, 0.05) is 86.7 Å². The number of nitrogens with one attached hydrogen (secondary N) is 2. The van der Waals surface area contributed by atoms with Crippen molar-refractivity contribution in [1.29, 1.82) is 0 Å². The molecule has 1 saturated heterocycles. The van der Waals surface area contributed by atoms with Crippen molar-refractivity contribution >= 4 is 34.6 Å². The Bertz CT molecular complexity index is 1210. The van der Waals surface area contributed by atoms with Crippen LogP contribution in [0.1, 0.15) is 18.5 Å². The zero-order chi connectivity index (χ0) is 30.4. The van der Waals surface area contributed by atoms with Crippen LogP contribution in [0.15, 0.2) is 18.3 Å². The standard InChI is InChI=1S/C29H47N9O5/c1-39-17-13-37(14-18-40-2)28-33-25-24(26(34-28)31-21-22-7-6-10-30-22)32-29(38(15-19-41-3)16-20-42-4)35-27(25)36-11-8-23(43-5)9-12-36/h6-7,10,23,30H,8-9,11-21H2,1-5H3,(H,31,33,34). The summed E-state index contributed by atoms with van der Waals surface area (Å²) in [5.74, 6) is 2.56. The molecule has 0 bridgehead atoms. The molecular weight excluding hydrogens is 554 g/mol. The molecule has 4 heterocycles. The van der Waals surface area contributed by atoms with Crippen molar-refractivity contribution < 1.29 is 23.7 Å². The molecule has 3 aromatic heterocycles. The number of piperidine rings is 1. The first-order valence-electron chi connectivity index (χ1n) is 14.8. The maximum atomic E-state index is 5.66. The minimum atomic E-state index is 0.227. The normalized spacial score (nSPS) is 14.0. The molecule has 14 nitrogen and oxygen atoms in total. The topological polar surface area (TPSA) is 135 Å². The van der Waals surface area contributed by atoms with E-state index in [1.165, 1.54) is 0 Å². The molecule has 0 aromatic carbocycles. The van der Waals surface area contributed by atoms with Crippen LogP contribution in [0.2, 0.25) is 0 Å². The Morgan fingerprint density at radius 2 is 1.35 bits per heavy atom. The van der Waals surface area contributed by atoms with Crippen LogP contribution >= 0.6 is 0 Å². The smallest absolute Gasteiger partial charge is 0.228 e. The van der Waals surface area contributed by atoms with Gasteiger partial charge in [0.05, 0.1) is 39.1 Å². The number of methoxy groups -OCH3 is 5. The minimum Gasteiger partial charge on any atom is -0.383 e. The number of anilines is 4. The van der Waals surface area contributed by atoms with Gasteiger partial charge in [0.2, 0.25) is 11.9 Å². The average molecular weight is 602 g/mol. The second-order valence-electron chi connectivity index (χ2n) is 10.3. The average Bonchev–Trinajstić information content (AvgIpc) is 3.57. The van der Waals surface area contributed by atoms with E-state index in [1.54, 1.807) is 35.5 Å². The van der Waals surface area contributed by atoms with Gasteiger partial charge in [-0.15, -0.1) is 0 Å². The number of fused-ring (bicyclic) bond motifs is 1. The van der Waals surface area contributed by atoms with E-state index < -0.39 is 0 Å². The second kappa shape index (κ2) is 17.1. The number of rotatable bonds is 19. The monoisotopic (exact) mass is 601 g/mol. The Labute approximate surface area is 254 Å². The first kappa shape index (κ1) is 32.6. The Balaban J connectivity index is 1.87. The zero-order valence-electron chi connectivity index (χ0n) is 26.2. The molecule has 0 amide bonds. The van der Waals surface area contributed by atoms with Crippen LogP contribution in [0.5, 0.6) is 0 Å². The predicted octanol–water partition coefficient (Wildman–Crippen LogP) is 2.17. The van der Waals surface area contributed by atoms with Crippen LogP contribution in [-0.2, 0) is 30.2 Å². The summed E-state index contributed by atoms with van der Waals surface area (Å²) >= 11 is 0. The molecule has 43 heavy (non-hydrogen) atoms. The van der Waals surface area contributed by atoms with E-state index in [-0.39, 0.29) is 6.10 Å². The van der Waals surface area contributed by atoms with Crippen molar-refractivity contribution in [1.82, 2.24) is 24.9 Å². The Hall–Kier alpha value is -3.30. The van der Waals surface area contributed by atoms with Gasteiger partial charge in [0.25, 0.3) is 0 Å². The number of aromatic nitrogens is 5. The van der Waals surface area contributed by atoms with Gasteiger partial charge >= 0.3 is 0 Å². The van der Waals surface area contributed by atoms with Crippen molar-refractivity contribution in [2.75, 3.05) is 121 Å². The number of nitrogens with zero attached hydrogens (tertiary/aromatic N) is 7. The number of H-pyrrole nitrogens is 1. The Kier molecular flexibility index (Phi) is 13.0. The summed E-state index contributed by atoms with van der Waals surface area (Å²) in [4.78, 5) is 30.1. The quantitative estimate of drug-likeness (QED) is 0.208. The molecule has 1 fully saturated rings. The van der Waals surface area contributed by atoms with Crippen molar-refractivity contribution in [3.8, 4) is 0 Å². The van der Waals surface area contributed by atoms with E-state index in [1.807, 2.05) is 18.3 Å². The summed E-state index contributed by atoms with van der Waals surface area (Å²) in [6.45, 7) is 6.68. The summed E-state index contributed by atoms with van der Waals surface area (Å²) in [5.41, 5.74) is 2.38. The number of hydrogen-bond acceptors (Lipinski definition) is 13. The highest BCUT2D eigenvalue weighted by atomic mass is 16.5.